The zero-order valence-corrected chi connectivity index (χ0v) is 14.4. The van der Waals surface area contributed by atoms with Gasteiger partial charge in [-0.15, -0.1) is 0 Å². The molecule has 1 unspecified atom stereocenters. The Morgan fingerprint density at radius 1 is 1.36 bits per heavy atom. The Balaban J connectivity index is 2.17. The summed E-state index contributed by atoms with van der Waals surface area (Å²) >= 11 is 5.83. The molecule has 2 rings (SSSR count). The van der Waals surface area contributed by atoms with Crippen LogP contribution in [-0.4, -0.2) is 45.1 Å². The number of hydrogen-bond acceptors (Lipinski definition) is 3. The Kier molecular flexibility index (Phi) is 5.34. The van der Waals surface area contributed by atoms with Gasteiger partial charge in [0, 0.05) is 18.1 Å². The molecule has 5 nitrogen and oxygen atoms in total. The third-order valence-electron chi connectivity index (χ3n) is 3.80. The highest BCUT2D eigenvalue weighted by molar-refractivity contribution is 7.92. The number of benzene rings is 1. The van der Waals surface area contributed by atoms with Crippen LogP contribution in [0.5, 0.6) is 0 Å². The van der Waals surface area contributed by atoms with E-state index < -0.39 is 10.0 Å². The number of hydrogen-bond donors (Lipinski definition) is 0. The molecule has 1 aliphatic rings. The van der Waals surface area contributed by atoms with Gasteiger partial charge in [-0.25, -0.2) is 8.42 Å². The molecule has 1 saturated heterocycles. The fraction of sp³-hybridized carbons (Fsp3) is 0.533. The van der Waals surface area contributed by atoms with E-state index >= 15 is 0 Å². The molecular weight excluding hydrogens is 324 g/mol. The van der Waals surface area contributed by atoms with Gasteiger partial charge in [-0.1, -0.05) is 18.5 Å². The zero-order chi connectivity index (χ0) is 16.3. The minimum atomic E-state index is -3.54. The van der Waals surface area contributed by atoms with Crippen LogP contribution in [0.15, 0.2) is 24.3 Å². The third kappa shape index (κ3) is 4.36. The maximum atomic E-state index is 12.4. The van der Waals surface area contributed by atoms with Crippen LogP contribution in [-0.2, 0) is 14.8 Å². The maximum absolute atomic E-state index is 12.4. The number of carbonyl (C=O) groups excluding carboxylic acids is 1. The first-order chi connectivity index (χ1) is 10.3. The summed E-state index contributed by atoms with van der Waals surface area (Å²) in [6, 6.07) is 6.44. The van der Waals surface area contributed by atoms with Gasteiger partial charge in [-0.05, 0) is 43.0 Å². The molecule has 0 radical (unpaired) electrons. The number of sulfonamides is 1. The molecule has 0 spiro atoms. The molecule has 22 heavy (non-hydrogen) atoms. The first-order valence-corrected chi connectivity index (χ1v) is 9.51. The fourth-order valence-electron chi connectivity index (χ4n) is 2.65. The van der Waals surface area contributed by atoms with Gasteiger partial charge >= 0.3 is 0 Å². The van der Waals surface area contributed by atoms with Crippen LogP contribution in [0.2, 0.25) is 5.02 Å². The predicted molar refractivity (Wildman–Crippen MR) is 88.6 cm³/mol. The predicted octanol–water partition coefficient (Wildman–Crippen LogP) is 2.36. The van der Waals surface area contributed by atoms with Gasteiger partial charge in [0.1, 0.15) is 6.54 Å². The lowest BCUT2D eigenvalue weighted by Gasteiger charge is -2.33. The van der Waals surface area contributed by atoms with Gasteiger partial charge < -0.3 is 4.90 Å². The van der Waals surface area contributed by atoms with Crippen LogP contribution < -0.4 is 4.31 Å². The van der Waals surface area contributed by atoms with Crippen molar-refractivity contribution < 1.29 is 13.2 Å². The van der Waals surface area contributed by atoms with Gasteiger partial charge in [-0.2, -0.15) is 0 Å². The maximum Gasteiger partial charge on any atom is 0.243 e. The Morgan fingerprint density at radius 3 is 2.55 bits per heavy atom. The molecule has 0 saturated carbocycles. The van der Waals surface area contributed by atoms with Crippen molar-refractivity contribution in [2.75, 3.05) is 30.2 Å². The van der Waals surface area contributed by atoms with Crippen molar-refractivity contribution in [2.24, 2.45) is 5.92 Å². The summed E-state index contributed by atoms with van der Waals surface area (Å²) < 4.78 is 25.2. The number of amides is 1. The second-order valence-corrected chi connectivity index (χ2v) is 8.18. The average Bonchev–Trinajstić information content (AvgIpc) is 2.44. The SMILES string of the molecule is CC1CCCN(C(=O)CN(c2ccc(Cl)cc2)S(C)(=O)=O)C1. The van der Waals surface area contributed by atoms with E-state index in [1.165, 1.54) is 0 Å². The van der Waals surface area contributed by atoms with Gasteiger partial charge in [-0.3, -0.25) is 9.10 Å². The summed E-state index contributed by atoms with van der Waals surface area (Å²) in [4.78, 5) is 14.2. The van der Waals surface area contributed by atoms with Crippen molar-refractivity contribution in [3.8, 4) is 0 Å². The van der Waals surface area contributed by atoms with E-state index in [1.54, 1.807) is 29.2 Å². The standard InChI is InChI=1S/C15H21ClN2O3S/c1-12-4-3-9-17(10-12)15(19)11-18(22(2,20)21)14-7-5-13(16)6-8-14/h5-8,12H,3-4,9-11H2,1-2H3. The summed E-state index contributed by atoms with van der Waals surface area (Å²) in [6.45, 7) is 3.32. The molecule has 1 aromatic carbocycles. The number of piperidine rings is 1. The molecular formula is C15H21ClN2O3S. The molecule has 7 heteroatoms. The van der Waals surface area contributed by atoms with E-state index in [0.717, 1.165) is 23.4 Å². The summed E-state index contributed by atoms with van der Waals surface area (Å²) in [5.41, 5.74) is 0.449. The van der Waals surface area contributed by atoms with Crippen LogP contribution in [0.25, 0.3) is 0 Å². The largest absolute Gasteiger partial charge is 0.341 e. The van der Waals surface area contributed by atoms with E-state index in [9.17, 15) is 13.2 Å². The second-order valence-electron chi connectivity index (χ2n) is 5.83. The molecule has 1 fully saturated rings. The Hall–Kier alpha value is -1.27. The molecule has 0 aromatic heterocycles. The first kappa shape index (κ1) is 17.1. The lowest BCUT2D eigenvalue weighted by Crippen LogP contribution is -2.46. The van der Waals surface area contributed by atoms with Crippen LogP contribution >= 0.6 is 11.6 Å². The van der Waals surface area contributed by atoms with Crippen molar-refractivity contribution in [3.63, 3.8) is 0 Å². The summed E-state index contributed by atoms with van der Waals surface area (Å²) in [6.07, 6.45) is 3.18. The topological polar surface area (TPSA) is 57.7 Å². The van der Waals surface area contributed by atoms with Crippen molar-refractivity contribution in [1.82, 2.24) is 4.90 Å². The molecule has 122 valence electrons. The Labute approximate surface area is 136 Å². The van der Waals surface area contributed by atoms with Crippen LogP contribution in [0.1, 0.15) is 19.8 Å². The summed E-state index contributed by atoms with van der Waals surface area (Å²) in [7, 11) is -3.54. The van der Waals surface area contributed by atoms with Crippen molar-refractivity contribution in [3.05, 3.63) is 29.3 Å². The minimum Gasteiger partial charge on any atom is -0.341 e. The van der Waals surface area contributed by atoms with E-state index in [2.05, 4.69) is 6.92 Å². The monoisotopic (exact) mass is 344 g/mol. The van der Waals surface area contributed by atoms with Crippen molar-refractivity contribution in [1.29, 1.82) is 0 Å². The normalized spacial score (nSPS) is 19.0. The zero-order valence-electron chi connectivity index (χ0n) is 12.8. The van der Waals surface area contributed by atoms with Crippen LogP contribution in [0.3, 0.4) is 0 Å². The number of likely N-dealkylation sites (tertiary alicyclic amines) is 1. The fourth-order valence-corrected chi connectivity index (χ4v) is 3.62. The smallest absolute Gasteiger partial charge is 0.243 e. The van der Waals surface area contributed by atoms with Crippen molar-refractivity contribution in [2.45, 2.75) is 19.8 Å². The highest BCUT2D eigenvalue weighted by atomic mass is 35.5. The van der Waals surface area contributed by atoms with Gasteiger partial charge in [0.15, 0.2) is 0 Å². The lowest BCUT2D eigenvalue weighted by molar-refractivity contribution is -0.131. The molecule has 0 aliphatic carbocycles. The Morgan fingerprint density at radius 2 is 2.00 bits per heavy atom. The van der Waals surface area contributed by atoms with Gasteiger partial charge in [0.05, 0.1) is 11.9 Å². The average molecular weight is 345 g/mol. The van der Waals surface area contributed by atoms with Gasteiger partial charge in [0.2, 0.25) is 15.9 Å². The quantitative estimate of drug-likeness (QED) is 0.842. The number of carbonyl (C=O) groups is 1. The summed E-state index contributed by atoms with van der Waals surface area (Å²) in [5.74, 6) is 0.298. The molecule has 0 bridgehead atoms. The number of nitrogens with zero attached hydrogens (tertiary/aromatic N) is 2. The van der Waals surface area contributed by atoms with E-state index in [-0.39, 0.29) is 12.5 Å². The molecule has 0 N–H and O–H groups in total. The van der Waals surface area contributed by atoms with E-state index in [1.807, 2.05) is 0 Å². The molecule has 1 aromatic rings. The third-order valence-corrected chi connectivity index (χ3v) is 5.20. The minimum absolute atomic E-state index is 0.160. The lowest BCUT2D eigenvalue weighted by atomic mass is 10.0. The number of halogens is 1. The molecule has 1 aliphatic heterocycles. The van der Waals surface area contributed by atoms with Crippen LogP contribution in [0, 0.1) is 5.92 Å². The number of rotatable bonds is 4. The molecule has 1 atom stereocenters. The van der Waals surface area contributed by atoms with Crippen molar-refractivity contribution >= 4 is 33.2 Å². The highest BCUT2D eigenvalue weighted by Gasteiger charge is 2.26. The molecule has 1 amide bonds. The van der Waals surface area contributed by atoms with Gasteiger partial charge in [0.25, 0.3) is 0 Å². The van der Waals surface area contributed by atoms with E-state index in [4.69, 9.17) is 11.6 Å². The van der Waals surface area contributed by atoms with Crippen LogP contribution in [0.4, 0.5) is 5.69 Å². The second kappa shape index (κ2) is 6.87. The summed E-state index contributed by atoms with van der Waals surface area (Å²) in [5, 5.41) is 0.522. The number of anilines is 1. The molecule has 1 heterocycles. The van der Waals surface area contributed by atoms with E-state index in [0.29, 0.717) is 29.7 Å². The highest BCUT2D eigenvalue weighted by Crippen LogP contribution is 2.21. The first-order valence-electron chi connectivity index (χ1n) is 7.28. The Bertz CT molecular complexity index is 631.